The lowest BCUT2D eigenvalue weighted by atomic mass is 10.2. The number of amides is 1. The van der Waals surface area contributed by atoms with Gasteiger partial charge < -0.3 is 9.73 Å². The van der Waals surface area contributed by atoms with Crippen LogP contribution < -0.4 is 16.6 Å². The van der Waals surface area contributed by atoms with E-state index in [0.717, 1.165) is 21.2 Å². The Labute approximate surface area is 193 Å². The third-order valence-electron chi connectivity index (χ3n) is 5.35. The molecular formula is C26H20N4O4. The highest BCUT2D eigenvalue weighted by Crippen LogP contribution is 2.25. The number of nitrogens with one attached hydrogen (secondary N) is 1. The van der Waals surface area contributed by atoms with E-state index in [4.69, 9.17) is 4.42 Å². The Balaban J connectivity index is 1.30. The van der Waals surface area contributed by atoms with Gasteiger partial charge in [0, 0.05) is 23.5 Å². The maximum Gasteiger partial charge on any atom is 0.331 e. The molecule has 0 aliphatic carbocycles. The third kappa shape index (κ3) is 4.42. The Bertz CT molecular complexity index is 1550. The zero-order valence-corrected chi connectivity index (χ0v) is 18.0. The van der Waals surface area contributed by atoms with Gasteiger partial charge in [0.2, 0.25) is 11.8 Å². The van der Waals surface area contributed by atoms with Gasteiger partial charge >= 0.3 is 5.69 Å². The molecule has 5 aromatic rings. The van der Waals surface area contributed by atoms with E-state index >= 15 is 0 Å². The molecule has 2 aromatic heterocycles. The Morgan fingerprint density at radius 3 is 2.38 bits per heavy atom. The van der Waals surface area contributed by atoms with E-state index in [2.05, 4.69) is 10.3 Å². The number of aromatic nitrogens is 3. The summed E-state index contributed by atoms with van der Waals surface area (Å²) in [6, 6.07) is 25.2. The van der Waals surface area contributed by atoms with Crippen molar-refractivity contribution in [2.75, 3.05) is 5.32 Å². The van der Waals surface area contributed by atoms with E-state index in [1.54, 1.807) is 24.3 Å². The van der Waals surface area contributed by atoms with Crippen LogP contribution in [0.1, 0.15) is 5.56 Å². The normalized spacial score (nSPS) is 10.9. The third-order valence-corrected chi connectivity index (χ3v) is 5.35. The lowest BCUT2D eigenvalue weighted by Gasteiger charge is -2.10. The minimum absolute atomic E-state index is 0.304. The second-order valence-electron chi connectivity index (χ2n) is 7.75. The van der Waals surface area contributed by atoms with Crippen LogP contribution in [-0.2, 0) is 17.9 Å². The Morgan fingerprint density at radius 2 is 1.62 bits per heavy atom. The van der Waals surface area contributed by atoms with Crippen LogP contribution in [0.2, 0.25) is 0 Å². The first-order chi connectivity index (χ1) is 16.6. The zero-order valence-electron chi connectivity index (χ0n) is 18.0. The maximum absolute atomic E-state index is 12.8. The van der Waals surface area contributed by atoms with E-state index in [1.165, 1.54) is 16.8 Å². The van der Waals surface area contributed by atoms with Gasteiger partial charge in [-0.05, 0) is 42.0 Å². The van der Waals surface area contributed by atoms with Crippen molar-refractivity contribution in [1.82, 2.24) is 14.1 Å². The minimum Gasteiger partial charge on any atom is -0.436 e. The van der Waals surface area contributed by atoms with E-state index in [1.807, 2.05) is 54.6 Å². The molecule has 0 aliphatic rings. The fourth-order valence-corrected chi connectivity index (χ4v) is 3.64. The summed E-state index contributed by atoms with van der Waals surface area (Å²) >= 11 is 0. The molecule has 34 heavy (non-hydrogen) atoms. The number of anilines is 1. The molecular weight excluding hydrogens is 432 g/mol. The van der Waals surface area contributed by atoms with Gasteiger partial charge in [-0.15, -0.1) is 0 Å². The first kappa shape index (κ1) is 21.1. The van der Waals surface area contributed by atoms with Gasteiger partial charge in [0.25, 0.3) is 5.56 Å². The van der Waals surface area contributed by atoms with Crippen molar-refractivity contribution in [3.63, 3.8) is 0 Å². The molecule has 0 aliphatic heterocycles. The first-order valence-corrected chi connectivity index (χ1v) is 10.7. The number of fused-ring (bicyclic) bond motifs is 1. The number of nitrogens with zero attached hydrogens (tertiary/aromatic N) is 3. The van der Waals surface area contributed by atoms with Gasteiger partial charge in [-0.2, -0.15) is 0 Å². The topological polar surface area (TPSA) is 99.1 Å². The summed E-state index contributed by atoms with van der Waals surface area (Å²) in [5.41, 5.74) is 2.59. The lowest BCUT2D eigenvalue weighted by Crippen LogP contribution is -2.41. The maximum atomic E-state index is 12.8. The SMILES string of the molecule is O=C(Cn1c(=O)ccn(Cc2ccccc2)c1=O)Nc1ccc(-c2nc3ccccc3o2)cc1. The molecule has 0 spiro atoms. The molecule has 5 rings (SSSR count). The number of benzene rings is 3. The van der Waals surface area contributed by atoms with Crippen molar-refractivity contribution in [3.8, 4) is 11.5 Å². The van der Waals surface area contributed by atoms with Crippen LogP contribution >= 0.6 is 0 Å². The predicted molar refractivity (Wildman–Crippen MR) is 129 cm³/mol. The molecule has 2 heterocycles. The van der Waals surface area contributed by atoms with Crippen molar-refractivity contribution in [1.29, 1.82) is 0 Å². The molecule has 0 atom stereocenters. The van der Waals surface area contributed by atoms with Crippen LogP contribution in [0.3, 0.4) is 0 Å². The van der Waals surface area contributed by atoms with Crippen LogP contribution in [0.15, 0.2) is 105 Å². The molecule has 0 fully saturated rings. The number of hydrogen-bond donors (Lipinski definition) is 1. The summed E-state index contributed by atoms with van der Waals surface area (Å²) in [6.45, 7) is -0.0843. The summed E-state index contributed by atoms with van der Waals surface area (Å²) in [5.74, 6) is 0.000143. The van der Waals surface area contributed by atoms with Gasteiger partial charge in [-0.1, -0.05) is 42.5 Å². The molecule has 1 N–H and O–H groups in total. The number of hydrogen-bond acceptors (Lipinski definition) is 5. The summed E-state index contributed by atoms with van der Waals surface area (Å²) < 4.78 is 8.08. The molecule has 3 aromatic carbocycles. The Kier molecular flexibility index (Phi) is 5.61. The highest BCUT2D eigenvalue weighted by Gasteiger charge is 2.12. The van der Waals surface area contributed by atoms with Gasteiger partial charge in [-0.25, -0.2) is 9.78 Å². The fourth-order valence-electron chi connectivity index (χ4n) is 3.64. The molecule has 168 valence electrons. The second kappa shape index (κ2) is 9.03. The van der Waals surface area contributed by atoms with E-state index in [9.17, 15) is 14.4 Å². The number of rotatable bonds is 6. The van der Waals surface area contributed by atoms with E-state index in [0.29, 0.717) is 23.7 Å². The van der Waals surface area contributed by atoms with Gasteiger partial charge in [0.1, 0.15) is 12.1 Å². The fraction of sp³-hybridized carbons (Fsp3) is 0.0769. The minimum atomic E-state index is -0.544. The molecule has 0 radical (unpaired) electrons. The smallest absolute Gasteiger partial charge is 0.331 e. The Morgan fingerprint density at radius 1 is 0.882 bits per heavy atom. The highest BCUT2D eigenvalue weighted by atomic mass is 16.3. The van der Waals surface area contributed by atoms with Gasteiger partial charge in [-0.3, -0.25) is 18.7 Å². The van der Waals surface area contributed by atoms with E-state index in [-0.39, 0.29) is 6.54 Å². The zero-order chi connectivity index (χ0) is 23.5. The van der Waals surface area contributed by atoms with Crippen LogP contribution in [0.5, 0.6) is 0 Å². The summed E-state index contributed by atoms with van der Waals surface area (Å²) in [7, 11) is 0. The molecule has 0 saturated heterocycles. The van der Waals surface area contributed by atoms with Gasteiger partial charge in [0.05, 0.1) is 6.54 Å². The molecule has 0 bridgehead atoms. The summed E-state index contributed by atoms with van der Waals surface area (Å²) in [6.07, 6.45) is 1.44. The van der Waals surface area contributed by atoms with Gasteiger partial charge in [0.15, 0.2) is 5.58 Å². The lowest BCUT2D eigenvalue weighted by molar-refractivity contribution is -0.116. The van der Waals surface area contributed by atoms with Crippen molar-refractivity contribution in [2.45, 2.75) is 13.1 Å². The number of para-hydroxylation sites is 2. The summed E-state index contributed by atoms with van der Waals surface area (Å²) in [4.78, 5) is 42.1. The van der Waals surface area contributed by atoms with Crippen molar-refractivity contribution >= 4 is 22.7 Å². The highest BCUT2D eigenvalue weighted by molar-refractivity contribution is 5.90. The quantitative estimate of drug-likeness (QED) is 0.425. The number of oxazole rings is 1. The van der Waals surface area contributed by atoms with Crippen LogP contribution in [-0.4, -0.2) is 20.0 Å². The number of carbonyl (C=O) groups excluding carboxylic acids is 1. The average Bonchev–Trinajstić information content (AvgIpc) is 3.29. The second-order valence-corrected chi connectivity index (χ2v) is 7.75. The summed E-state index contributed by atoms with van der Waals surface area (Å²) in [5, 5.41) is 2.72. The van der Waals surface area contributed by atoms with Crippen molar-refractivity contribution < 1.29 is 9.21 Å². The molecule has 0 unspecified atom stereocenters. The molecule has 0 saturated carbocycles. The van der Waals surface area contributed by atoms with Crippen molar-refractivity contribution in [3.05, 3.63) is 118 Å². The standard InChI is InChI=1S/C26H20N4O4/c31-23(17-30-24(32)14-15-29(26(30)33)16-18-6-2-1-3-7-18)27-20-12-10-19(11-13-20)25-28-21-8-4-5-9-22(21)34-25/h1-15H,16-17H2,(H,27,31). The van der Waals surface area contributed by atoms with Crippen molar-refractivity contribution in [2.24, 2.45) is 0 Å². The monoisotopic (exact) mass is 452 g/mol. The first-order valence-electron chi connectivity index (χ1n) is 10.7. The molecule has 1 amide bonds. The van der Waals surface area contributed by atoms with Crippen LogP contribution in [0, 0.1) is 0 Å². The van der Waals surface area contributed by atoms with Crippen LogP contribution in [0.25, 0.3) is 22.6 Å². The number of carbonyl (C=O) groups is 1. The van der Waals surface area contributed by atoms with Crippen LogP contribution in [0.4, 0.5) is 5.69 Å². The largest absolute Gasteiger partial charge is 0.436 e. The average molecular weight is 452 g/mol. The molecule has 8 heteroatoms. The van der Waals surface area contributed by atoms with E-state index < -0.39 is 17.2 Å². The molecule has 8 nitrogen and oxygen atoms in total. The Hall–Kier alpha value is -4.72. The predicted octanol–water partition coefficient (Wildman–Crippen LogP) is 3.51.